The Kier molecular flexibility index (Phi) is 5.64. The molecule has 1 amide bonds. The summed E-state index contributed by atoms with van der Waals surface area (Å²) in [6.45, 7) is 4.48. The van der Waals surface area contributed by atoms with Crippen LogP contribution in [0.5, 0.6) is 0 Å². The first kappa shape index (κ1) is 14.8. The molecule has 0 aromatic heterocycles. The van der Waals surface area contributed by atoms with Gasteiger partial charge in [-0.25, -0.2) is 0 Å². The Hall–Kier alpha value is -0.610. The van der Waals surface area contributed by atoms with Crippen molar-refractivity contribution < 1.29 is 4.79 Å². The van der Waals surface area contributed by atoms with Crippen LogP contribution in [-0.4, -0.2) is 42.5 Å². The second-order valence-electron chi connectivity index (χ2n) is 6.37. The predicted molar refractivity (Wildman–Crippen MR) is 77.8 cm³/mol. The first-order valence-electron chi connectivity index (χ1n) is 7.92. The van der Waals surface area contributed by atoms with Gasteiger partial charge in [0.2, 0.25) is 5.91 Å². The maximum atomic E-state index is 12.1. The molecule has 0 spiro atoms. The van der Waals surface area contributed by atoms with Crippen LogP contribution in [0.1, 0.15) is 51.9 Å². The molecule has 0 radical (unpaired) electrons. The summed E-state index contributed by atoms with van der Waals surface area (Å²) in [4.78, 5) is 14.4. The summed E-state index contributed by atoms with van der Waals surface area (Å²) in [5.41, 5.74) is 5.73. The van der Waals surface area contributed by atoms with E-state index < -0.39 is 0 Å². The lowest BCUT2D eigenvalue weighted by Gasteiger charge is -2.23. The van der Waals surface area contributed by atoms with Crippen LogP contribution in [0.4, 0.5) is 0 Å². The van der Waals surface area contributed by atoms with Gasteiger partial charge in [-0.1, -0.05) is 25.7 Å². The van der Waals surface area contributed by atoms with Gasteiger partial charge < -0.3 is 11.1 Å². The van der Waals surface area contributed by atoms with Gasteiger partial charge in [0.25, 0.3) is 0 Å². The number of nitrogens with one attached hydrogen (secondary N) is 1. The highest BCUT2D eigenvalue weighted by Gasteiger charge is 2.29. The molecule has 2 aliphatic rings. The van der Waals surface area contributed by atoms with Crippen LogP contribution in [0, 0.1) is 5.92 Å². The van der Waals surface area contributed by atoms with Gasteiger partial charge in [0, 0.05) is 18.6 Å². The molecule has 3 N–H and O–H groups in total. The summed E-state index contributed by atoms with van der Waals surface area (Å²) in [6.07, 6.45) is 8.63. The molecule has 0 bridgehead atoms. The molecule has 0 aromatic rings. The molecule has 1 heterocycles. The number of carbonyl (C=O) groups excluding carboxylic acids is 1. The smallest absolute Gasteiger partial charge is 0.234 e. The van der Waals surface area contributed by atoms with E-state index in [0.717, 1.165) is 32.4 Å². The minimum Gasteiger partial charge on any atom is -0.352 e. The summed E-state index contributed by atoms with van der Waals surface area (Å²) in [6, 6.07) is 0.909. The predicted octanol–water partition coefficient (Wildman–Crippen LogP) is 1.49. The van der Waals surface area contributed by atoms with Crippen molar-refractivity contribution in [2.45, 2.75) is 64.0 Å². The lowest BCUT2D eigenvalue weighted by molar-refractivity contribution is -0.123. The number of carbonyl (C=O) groups is 1. The minimum absolute atomic E-state index is 0.205. The van der Waals surface area contributed by atoms with Crippen molar-refractivity contribution in [3.63, 3.8) is 0 Å². The Balaban J connectivity index is 1.74. The molecule has 1 saturated heterocycles. The van der Waals surface area contributed by atoms with E-state index in [9.17, 15) is 4.79 Å². The molecule has 110 valence electrons. The summed E-state index contributed by atoms with van der Waals surface area (Å²) in [5.74, 6) is 0.775. The maximum absolute atomic E-state index is 12.1. The van der Waals surface area contributed by atoms with Crippen LogP contribution >= 0.6 is 0 Å². The van der Waals surface area contributed by atoms with Gasteiger partial charge >= 0.3 is 0 Å². The van der Waals surface area contributed by atoms with Crippen LogP contribution in [0.3, 0.4) is 0 Å². The monoisotopic (exact) mass is 267 g/mol. The van der Waals surface area contributed by atoms with Crippen LogP contribution in [-0.2, 0) is 4.79 Å². The summed E-state index contributed by atoms with van der Waals surface area (Å²) >= 11 is 0. The van der Waals surface area contributed by atoms with E-state index in [1.807, 2.05) is 0 Å². The molecule has 2 rings (SSSR count). The third-order valence-electron chi connectivity index (χ3n) is 4.69. The molecule has 2 atom stereocenters. The third-order valence-corrected chi connectivity index (χ3v) is 4.69. The Morgan fingerprint density at radius 1 is 1.26 bits per heavy atom. The standard InChI is InChI=1S/C15H29N3O/c1-12-8-13(9-16)10-18(12)11-15(19)17-14-6-4-2-3-5-7-14/h12-14H,2-11,16H2,1H3,(H,17,19). The molecule has 2 unspecified atom stereocenters. The summed E-state index contributed by atoms with van der Waals surface area (Å²) in [5, 5.41) is 3.23. The first-order valence-corrected chi connectivity index (χ1v) is 7.92. The van der Waals surface area contributed by atoms with Crippen LogP contribution in [0.2, 0.25) is 0 Å². The maximum Gasteiger partial charge on any atom is 0.234 e. The Morgan fingerprint density at radius 2 is 1.95 bits per heavy atom. The number of hydrogen-bond acceptors (Lipinski definition) is 3. The van der Waals surface area contributed by atoms with E-state index in [-0.39, 0.29) is 5.91 Å². The first-order chi connectivity index (χ1) is 9.19. The normalized spacial score (nSPS) is 30.2. The number of amides is 1. The van der Waals surface area contributed by atoms with Crippen LogP contribution < -0.4 is 11.1 Å². The molecule has 1 aliphatic carbocycles. The van der Waals surface area contributed by atoms with Crippen molar-refractivity contribution in [1.82, 2.24) is 10.2 Å². The molecule has 4 heteroatoms. The Labute approximate surface area is 117 Å². The fraction of sp³-hybridized carbons (Fsp3) is 0.933. The quantitative estimate of drug-likeness (QED) is 0.759. The number of hydrogen-bond donors (Lipinski definition) is 2. The van der Waals surface area contributed by atoms with Crippen molar-refractivity contribution in [3.05, 3.63) is 0 Å². The highest BCUT2D eigenvalue weighted by Crippen LogP contribution is 2.22. The highest BCUT2D eigenvalue weighted by atomic mass is 16.2. The van der Waals surface area contributed by atoms with Crippen LogP contribution in [0.25, 0.3) is 0 Å². The Morgan fingerprint density at radius 3 is 2.53 bits per heavy atom. The highest BCUT2D eigenvalue weighted by molar-refractivity contribution is 5.78. The number of rotatable bonds is 4. The number of likely N-dealkylation sites (tertiary alicyclic amines) is 1. The topological polar surface area (TPSA) is 58.4 Å². The van der Waals surface area contributed by atoms with E-state index in [2.05, 4.69) is 17.1 Å². The van der Waals surface area contributed by atoms with Gasteiger partial charge in [-0.3, -0.25) is 9.69 Å². The molecule has 4 nitrogen and oxygen atoms in total. The van der Waals surface area contributed by atoms with Crippen molar-refractivity contribution in [2.24, 2.45) is 11.7 Å². The average Bonchev–Trinajstić information content (AvgIpc) is 2.59. The largest absolute Gasteiger partial charge is 0.352 e. The minimum atomic E-state index is 0.205. The van der Waals surface area contributed by atoms with Crippen molar-refractivity contribution >= 4 is 5.91 Å². The zero-order valence-electron chi connectivity index (χ0n) is 12.2. The van der Waals surface area contributed by atoms with E-state index in [0.29, 0.717) is 24.5 Å². The van der Waals surface area contributed by atoms with Gasteiger partial charge in [0.15, 0.2) is 0 Å². The van der Waals surface area contributed by atoms with Crippen molar-refractivity contribution in [2.75, 3.05) is 19.6 Å². The van der Waals surface area contributed by atoms with Gasteiger partial charge in [0.05, 0.1) is 6.54 Å². The number of nitrogens with zero attached hydrogens (tertiary/aromatic N) is 1. The zero-order chi connectivity index (χ0) is 13.7. The van der Waals surface area contributed by atoms with E-state index in [1.165, 1.54) is 25.7 Å². The molecule has 2 fully saturated rings. The Bertz CT molecular complexity index is 287. The molecular weight excluding hydrogens is 238 g/mol. The molecule has 1 aliphatic heterocycles. The molecular formula is C15H29N3O. The SMILES string of the molecule is CC1CC(CN)CN1CC(=O)NC1CCCCCC1. The second kappa shape index (κ2) is 7.25. The fourth-order valence-electron chi connectivity index (χ4n) is 3.49. The lowest BCUT2D eigenvalue weighted by atomic mass is 10.1. The zero-order valence-corrected chi connectivity index (χ0v) is 12.2. The second-order valence-corrected chi connectivity index (χ2v) is 6.37. The van der Waals surface area contributed by atoms with E-state index >= 15 is 0 Å². The van der Waals surface area contributed by atoms with E-state index in [4.69, 9.17) is 5.73 Å². The number of nitrogens with two attached hydrogens (primary N) is 1. The average molecular weight is 267 g/mol. The van der Waals surface area contributed by atoms with Gasteiger partial charge in [-0.2, -0.15) is 0 Å². The van der Waals surface area contributed by atoms with Crippen molar-refractivity contribution in [3.8, 4) is 0 Å². The van der Waals surface area contributed by atoms with E-state index in [1.54, 1.807) is 0 Å². The third kappa shape index (κ3) is 4.46. The summed E-state index contributed by atoms with van der Waals surface area (Å²) in [7, 11) is 0. The lowest BCUT2D eigenvalue weighted by Crippen LogP contribution is -2.43. The van der Waals surface area contributed by atoms with Gasteiger partial charge in [-0.05, 0) is 38.6 Å². The molecule has 0 aromatic carbocycles. The van der Waals surface area contributed by atoms with Gasteiger partial charge in [0.1, 0.15) is 0 Å². The van der Waals surface area contributed by atoms with Crippen molar-refractivity contribution in [1.29, 1.82) is 0 Å². The molecule has 19 heavy (non-hydrogen) atoms. The molecule has 1 saturated carbocycles. The fourth-order valence-corrected chi connectivity index (χ4v) is 3.49. The van der Waals surface area contributed by atoms with Crippen LogP contribution in [0.15, 0.2) is 0 Å². The summed E-state index contributed by atoms with van der Waals surface area (Å²) < 4.78 is 0. The van der Waals surface area contributed by atoms with Gasteiger partial charge in [-0.15, -0.1) is 0 Å².